The van der Waals surface area contributed by atoms with Crippen molar-refractivity contribution in [1.82, 2.24) is 15.5 Å². The van der Waals surface area contributed by atoms with Crippen LogP contribution in [-0.4, -0.2) is 70.7 Å². The van der Waals surface area contributed by atoms with Crippen LogP contribution in [0.15, 0.2) is 0 Å². The zero-order chi connectivity index (χ0) is 29.8. The molecule has 1 unspecified atom stereocenters. The van der Waals surface area contributed by atoms with Crippen LogP contribution in [-0.2, 0) is 23.9 Å². The number of nitrogens with one attached hydrogen (secondary N) is 2. The maximum Gasteiger partial charge on any atom is 0.408 e. The number of carbonyl (C=O) groups excluding carboxylic acids is 5. The van der Waals surface area contributed by atoms with Crippen molar-refractivity contribution < 1.29 is 37.5 Å². The lowest BCUT2D eigenvalue weighted by Crippen LogP contribution is -2.60. The molecule has 3 aliphatic carbocycles. The second kappa shape index (κ2) is 10.6. The van der Waals surface area contributed by atoms with E-state index >= 15 is 0 Å². The molecule has 4 N–H and O–H groups in total. The first-order valence-corrected chi connectivity index (χ1v) is 14.2. The van der Waals surface area contributed by atoms with Crippen LogP contribution < -0.4 is 16.4 Å². The Morgan fingerprint density at radius 3 is 2.15 bits per heavy atom. The van der Waals surface area contributed by atoms with Gasteiger partial charge >= 0.3 is 6.09 Å². The highest BCUT2D eigenvalue weighted by Crippen LogP contribution is 2.65. The van der Waals surface area contributed by atoms with Crippen molar-refractivity contribution in [2.45, 2.75) is 109 Å². The maximum absolute atomic E-state index is 14.1. The molecule has 0 radical (unpaired) electrons. The fourth-order valence-electron chi connectivity index (χ4n) is 6.55. The molecule has 40 heavy (non-hydrogen) atoms. The molecule has 224 valence electrons. The Kier molecular flexibility index (Phi) is 7.96. The summed E-state index contributed by atoms with van der Waals surface area (Å²) in [6.07, 6.45) is 0.480. The van der Waals surface area contributed by atoms with Crippen molar-refractivity contribution in [3.8, 4) is 0 Å². The zero-order valence-corrected chi connectivity index (χ0v) is 23.9. The number of nitrogens with zero attached hydrogens (tertiary/aromatic N) is 1. The summed E-state index contributed by atoms with van der Waals surface area (Å²) in [5.74, 6) is -6.47. The van der Waals surface area contributed by atoms with Gasteiger partial charge in [0.15, 0.2) is 0 Å². The average molecular weight is 569 g/mol. The fourth-order valence-corrected chi connectivity index (χ4v) is 6.55. The van der Waals surface area contributed by atoms with Crippen molar-refractivity contribution in [2.24, 2.45) is 34.8 Å². The molecular weight excluding hydrogens is 526 g/mol. The fraction of sp³-hybridized carbons (Fsp3) is 0.821. The van der Waals surface area contributed by atoms with Crippen LogP contribution in [0.2, 0.25) is 0 Å². The normalized spacial score (nSPS) is 28.6. The predicted molar refractivity (Wildman–Crippen MR) is 140 cm³/mol. The number of ether oxygens (including phenoxy) is 1. The number of piperidine rings is 1. The molecule has 10 nitrogen and oxygen atoms in total. The number of alkyl carbamates (subject to hydrolysis) is 1. The molecular formula is C28H42F2N4O6. The first-order chi connectivity index (χ1) is 18.4. The Balaban J connectivity index is 1.57. The molecule has 4 amide bonds. The van der Waals surface area contributed by atoms with E-state index in [0.717, 1.165) is 12.8 Å². The molecule has 1 saturated heterocycles. The minimum absolute atomic E-state index is 0.0128. The van der Waals surface area contributed by atoms with Gasteiger partial charge in [0.1, 0.15) is 17.7 Å². The van der Waals surface area contributed by atoms with E-state index in [1.165, 1.54) is 4.90 Å². The van der Waals surface area contributed by atoms with E-state index in [9.17, 15) is 32.8 Å². The van der Waals surface area contributed by atoms with Crippen LogP contribution >= 0.6 is 0 Å². The SMILES string of the molecule is CC(C)(C)OC(=O)N[C@H](C(=O)N1C[C@H]2[C@@H]([C@H]1C(=O)NC(CC1CC1)C(=O)C(N)=O)C2(C)C)C1CCC(F)(F)CC1. The van der Waals surface area contributed by atoms with Gasteiger partial charge in [-0.2, -0.15) is 0 Å². The Morgan fingerprint density at radius 2 is 1.62 bits per heavy atom. The Morgan fingerprint density at radius 1 is 1.02 bits per heavy atom. The van der Waals surface area contributed by atoms with E-state index in [2.05, 4.69) is 10.6 Å². The van der Waals surface area contributed by atoms with Gasteiger partial charge in [0, 0.05) is 19.4 Å². The van der Waals surface area contributed by atoms with Crippen molar-refractivity contribution in [1.29, 1.82) is 0 Å². The van der Waals surface area contributed by atoms with Gasteiger partial charge in [0.25, 0.3) is 5.91 Å². The number of alkyl halides is 2. The van der Waals surface area contributed by atoms with Crippen LogP contribution in [0.4, 0.5) is 13.6 Å². The minimum atomic E-state index is -2.83. The number of fused-ring (bicyclic) bond motifs is 1. The monoisotopic (exact) mass is 568 g/mol. The molecule has 0 aromatic carbocycles. The standard InChI is InChI=1S/C28H42F2N4O6/c1-26(2,3)40-25(39)33-19(15-8-10-28(29,30)11-9-15)24(38)34-13-16-18(27(16,4)5)20(34)23(37)32-17(12-14-6-7-14)21(35)22(31)36/h14-20H,6-13H2,1-5H3,(H2,31,36)(H,32,37)(H,33,39)/t16-,17?,18-,19-,20-/m0/s1. The predicted octanol–water partition coefficient (Wildman–Crippen LogP) is 2.53. The molecule has 0 spiro atoms. The summed E-state index contributed by atoms with van der Waals surface area (Å²) >= 11 is 0. The Labute approximate surface area is 233 Å². The lowest BCUT2D eigenvalue weighted by atomic mass is 9.81. The summed E-state index contributed by atoms with van der Waals surface area (Å²) in [5, 5.41) is 5.32. The average Bonchev–Trinajstić information content (AvgIpc) is 3.67. The molecule has 1 aliphatic heterocycles. The lowest BCUT2D eigenvalue weighted by Gasteiger charge is -2.38. The van der Waals surface area contributed by atoms with E-state index in [1.807, 2.05) is 13.8 Å². The number of amides is 4. The van der Waals surface area contributed by atoms with Crippen LogP contribution in [0, 0.1) is 29.1 Å². The summed E-state index contributed by atoms with van der Waals surface area (Å²) < 4.78 is 33.3. The van der Waals surface area contributed by atoms with Gasteiger partial charge in [-0.3, -0.25) is 19.2 Å². The molecule has 4 aliphatic rings. The highest BCUT2D eigenvalue weighted by Gasteiger charge is 2.70. The second-order valence-electron chi connectivity index (χ2n) is 13.7. The first kappa shape index (κ1) is 30.2. The van der Waals surface area contributed by atoms with Gasteiger partial charge in [-0.05, 0) is 69.1 Å². The van der Waals surface area contributed by atoms with E-state index in [0.29, 0.717) is 6.42 Å². The van der Waals surface area contributed by atoms with Gasteiger partial charge < -0.3 is 26.0 Å². The van der Waals surface area contributed by atoms with Crippen LogP contribution in [0.25, 0.3) is 0 Å². The summed E-state index contributed by atoms with van der Waals surface area (Å²) in [6.45, 7) is 9.27. The summed E-state index contributed by atoms with van der Waals surface area (Å²) in [4.78, 5) is 66.1. The van der Waals surface area contributed by atoms with Gasteiger partial charge in [-0.1, -0.05) is 26.7 Å². The number of hydrogen-bond donors (Lipinski definition) is 3. The molecule has 4 fully saturated rings. The number of rotatable bonds is 9. The Hall–Kier alpha value is -2.79. The molecule has 0 aromatic rings. The van der Waals surface area contributed by atoms with E-state index in [4.69, 9.17) is 10.5 Å². The molecule has 0 aromatic heterocycles. The smallest absolute Gasteiger partial charge is 0.408 e. The van der Waals surface area contributed by atoms with E-state index in [1.54, 1.807) is 20.8 Å². The van der Waals surface area contributed by atoms with Gasteiger partial charge in [-0.15, -0.1) is 0 Å². The van der Waals surface area contributed by atoms with Gasteiger partial charge in [0.2, 0.25) is 23.5 Å². The Bertz CT molecular complexity index is 1060. The number of carbonyl (C=O) groups is 5. The van der Waals surface area contributed by atoms with E-state index < -0.39 is 78.0 Å². The molecule has 4 rings (SSSR count). The maximum atomic E-state index is 14.1. The number of Topliss-reactive ketones (excluding diaryl/α,β-unsaturated/α-hetero) is 1. The van der Waals surface area contributed by atoms with Crippen LogP contribution in [0.3, 0.4) is 0 Å². The van der Waals surface area contributed by atoms with Crippen molar-refractivity contribution >= 4 is 29.6 Å². The number of likely N-dealkylation sites (tertiary alicyclic amines) is 1. The van der Waals surface area contributed by atoms with Gasteiger partial charge in [-0.25, -0.2) is 13.6 Å². The van der Waals surface area contributed by atoms with Crippen molar-refractivity contribution in [3.05, 3.63) is 0 Å². The third-order valence-electron chi connectivity index (χ3n) is 9.07. The number of nitrogens with two attached hydrogens (primary N) is 1. The van der Waals surface area contributed by atoms with Crippen LogP contribution in [0.5, 0.6) is 0 Å². The largest absolute Gasteiger partial charge is 0.444 e. The summed E-state index contributed by atoms with van der Waals surface area (Å²) in [7, 11) is 0. The summed E-state index contributed by atoms with van der Waals surface area (Å²) in [5.41, 5.74) is 4.16. The lowest BCUT2D eigenvalue weighted by molar-refractivity contribution is -0.145. The van der Waals surface area contributed by atoms with Crippen LogP contribution in [0.1, 0.15) is 79.6 Å². The topological polar surface area (TPSA) is 148 Å². The second-order valence-corrected chi connectivity index (χ2v) is 13.7. The first-order valence-electron chi connectivity index (χ1n) is 14.2. The third kappa shape index (κ3) is 6.57. The quantitative estimate of drug-likeness (QED) is 0.364. The molecule has 1 heterocycles. The minimum Gasteiger partial charge on any atom is -0.444 e. The molecule has 0 bridgehead atoms. The van der Waals surface area contributed by atoms with Crippen molar-refractivity contribution in [3.63, 3.8) is 0 Å². The third-order valence-corrected chi connectivity index (χ3v) is 9.07. The van der Waals surface area contributed by atoms with Crippen molar-refractivity contribution in [2.75, 3.05) is 6.54 Å². The molecule has 3 saturated carbocycles. The number of primary amides is 1. The number of ketones is 1. The summed E-state index contributed by atoms with van der Waals surface area (Å²) in [6, 6.07) is -3.18. The molecule has 12 heteroatoms. The highest BCUT2D eigenvalue weighted by molar-refractivity contribution is 6.37. The van der Waals surface area contributed by atoms with E-state index in [-0.39, 0.29) is 42.6 Å². The number of hydrogen-bond acceptors (Lipinski definition) is 6. The van der Waals surface area contributed by atoms with Gasteiger partial charge in [0.05, 0.1) is 6.04 Å². The molecule has 5 atom stereocenters. The zero-order valence-electron chi connectivity index (χ0n) is 23.9. The highest BCUT2D eigenvalue weighted by atomic mass is 19.3. The number of halogens is 2.